The van der Waals surface area contributed by atoms with Crippen LogP contribution < -0.4 is 5.32 Å². The third-order valence-corrected chi connectivity index (χ3v) is 7.23. The van der Waals surface area contributed by atoms with Crippen molar-refractivity contribution in [3.05, 3.63) is 23.3 Å². The number of alkyl halides is 1. The molecule has 0 bridgehead atoms. The van der Waals surface area contributed by atoms with E-state index < -0.39 is 0 Å². The molecule has 2 N–H and O–H groups in total. The lowest BCUT2D eigenvalue weighted by Crippen LogP contribution is -2.42. The minimum Gasteiger partial charge on any atom is -0.506 e. The van der Waals surface area contributed by atoms with Crippen LogP contribution >= 0.6 is 11.6 Å². The minimum absolute atomic E-state index is 0.104. The molecule has 0 aliphatic heterocycles. The zero-order chi connectivity index (χ0) is 17.8. The van der Waals surface area contributed by atoms with E-state index >= 15 is 0 Å². The maximum atomic E-state index is 12.4. The fraction of sp³-hybridized carbons (Fsp3) is 0.600. The van der Waals surface area contributed by atoms with Crippen LogP contribution in [-0.2, 0) is 16.0 Å². The molecule has 0 spiro atoms. The molecule has 0 unspecified atom stereocenters. The van der Waals surface area contributed by atoms with Crippen molar-refractivity contribution >= 4 is 29.0 Å². The Hall–Kier alpha value is -1.55. The molecular formula is C20H24ClNO3. The van der Waals surface area contributed by atoms with Gasteiger partial charge in [-0.15, -0.1) is 11.6 Å². The number of hydrogen-bond acceptors (Lipinski definition) is 3. The first-order valence-electron chi connectivity index (χ1n) is 9.19. The van der Waals surface area contributed by atoms with Crippen LogP contribution in [-0.4, -0.2) is 22.7 Å². The molecular weight excluding hydrogens is 338 g/mol. The van der Waals surface area contributed by atoms with E-state index in [1.54, 1.807) is 6.07 Å². The van der Waals surface area contributed by atoms with Crippen molar-refractivity contribution in [3.63, 3.8) is 0 Å². The normalized spacial score (nSPS) is 33.4. The van der Waals surface area contributed by atoms with Gasteiger partial charge in [-0.3, -0.25) is 9.59 Å². The number of benzene rings is 1. The number of carbonyl (C=O) groups excluding carboxylic acids is 2. The van der Waals surface area contributed by atoms with Gasteiger partial charge in [0.25, 0.3) is 0 Å². The average molecular weight is 362 g/mol. The van der Waals surface area contributed by atoms with Gasteiger partial charge in [0, 0.05) is 11.8 Å². The smallest absolute Gasteiger partial charge is 0.239 e. The Kier molecular flexibility index (Phi) is 4.06. The number of rotatable bonds is 2. The second kappa shape index (κ2) is 6.01. The maximum Gasteiger partial charge on any atom is 0.239 e. The Morgan fingerprint density at radius 2 is 2.12 bits per heavy atom. The summed E-state index contributed by atoms with van der Waals surface area (Å²) in [6.07, 6.45) is 5.52. The van der Waals surface area contributed by atoms with Gasteiger partial charge in [-0.25, -0.2) is 0 Å². The van der Waals surface area contributed by atoms with Crippen LogP contribution in [0.5, 0.6) is 5.75 Å². The van der Waals surface area contributed by atoms with Gasteiger partial charge in [-0.2, -0.15) is 0 Å². The lowest BCUT2D eigenvalue weighted by molar-refractivity contribution is -0.129. The van der Waals surface area contributed by atoms with Crippen LogP contribution in [0.1, 0.15) is 56.1 Å². The third kappa shape index (κ3) is 2.49. The molecule has 3 aliphatic carbocycles. The number of nitrogens with one attached hydrogen (secondary N) is 1. The fourth-order valence-electron chi connectivity index (χ4n) is 5.74. The topological polar surface area (TPSA) is 66.4 Å². The van der Waals surface area contributed by atoms with Gasteiger partial charge in [-0.1, -0.05) is 13.0 Å². The first-order valence-corrected chi connectivity index (χ1v) is 9.73. The number of amides is 1. The standard InChI is InChI=1S/C20H24ClNO3/c1-20-9-8-12-11-4-6-16(23)19(22-18(25)10-21)14(11)3-2-13(12)15(20)5-7-17(20)24/h4,6,12-13,15,23H,2-3,5,7-10H2,1H3,(H,22,25)/t12-,13-,15+,20+/m1/s1. The van der Waals surface area contributed by atoms with Crippen LogP contribution in [0.3, 0.4) is 0 Å². The van der Waals surface area contributed by atoms with Crippen LogP contribution in [0.25, 0.3) is 0 Å². The molecule has 134 valence electrons. The Bertz CT molecular complexity index is 747. The number of phenolic OH excluding ortho intramolecular Hbond substituents is 1. The SMILES string of the molecule is C[C@]12CC[C@@H]3c4ccc(O)c(NC(=O)CCl)c4CC[C@H]3[C@@H]1CCC2=O. The average Bonchev–Trinajstić information content (AvgIpc) is 2.92. The number of fused-ring (bicyclic) bond motifs is 5. The fourth-order valence-corrected chi connectivity index (χ4v) is 5.81. The van der Waals surface area contributed by atoms with Crippen molar-refractivity contribution in [2.75, 3.05) is 11.2 Å². The third-order valence-electron chi connectivity index (χ3n) is 6.99. The van der Waals surface area contributed by atoms with Crippen LogP contribution in [0, 0.1) is 17.3 Å². The zero-order valence-corrected chi connectivity index (χ0v) is 15.2. The molecule has 4 nitrogen and oxygen atoms in total. The van der Waals surface area contributed by atoms with E-state index in [4.69, 9.17) is 11.6 Å². The summed E-state index contributed by atoms with van der Waals surface area (Å²) in [6, 6.07) is 3.69. The number of aromatic hydroxyl groups is 1. The summed E-state index contributed by atoms with van der Waals surface area (Å²) in [7, 11) is 0. The van der Waals surface area contributed by atoms with Crippen molar-refractivity contribution in [1.82, 2.24) is 0 Å². The summed E-state index contributed by atoms with van der Waals surface area (Å²) >= 11 is 5.61. The highest BCUT2D eigenvalue weighted by molar-refractivity contribution is 6.29. The molecule has 25 heavy (non-hydrogen) atoms. The van der Waals surface area contributed by atoms with Gasteiger partial charge in [0.05, 0.1) is 5.69 Å². The first kappa shape index (κ1) is 16.9. The Balaban J connectivity index is 1.71. The number of ketones is 1. The molecule has 3 aliphatic rings. The maximum absolute atomic E-state index is 12.4. The van der Waals surface area contributed by atoms with Crippen LogP contribution in [0.4, 0.5) is 5.69 Å². The molecule has 5 heteroatoms. The predicted octanol–water partition coefficient (Wildman–Crippen LogP) is 3.99. The molecule has 1 aromatic carbocycles. The second-order valence-corrected chi connectivity index (χ2v) is 8.31. The van der Waals surface area contributed by atoms with E-state index in [1.807, 2.05) is 6.07 Å². The van der Waals surface area contributed by atoms with Gasteiger partial charge in [-0.05, 0) is 67.1 Å². The molecule has 4 rings (SSSR count). The molecule has 2 fully saturated rings. The Morgan fingerprint density at radius 1 is 1.32 bits per heavy atom. The summed E-state index contributed by atoms with van der Waals surface area (Å²) < 4.78 is 0. The number of carbonyl (C=O) groups is 2. The molecule has 1 amide bonds. The first-order chi connectivity index (χ1) is 12.0. The molecule has 0 heterocycles. The number of halogens is 1. The monoisotopic (exact) mass is 361 g/mol. The summed E-state index contributed by atoms with van der Waals surface area (Å²) in [5.41, 5.74) is 2.68. The summed E-state index contributed by atoms with van der Waals surface area (Å²) in [5, 5.41) is 13.0. The highest BCUT2D eigenvalue weighted by atomic mass is 35.5. The lowest BCUT2D eigenvalue weighted by atomic mass is 9.55. The van der Waals surface area contributed by atoms with Gasteiger partial charge < -0.3 is 10.4 Å². The van der Waals surface area contributed by atoms with Gasteiger partial charge >= 0.3 is 0 Å². The zero-order valence-electron chi connectivity index (χ0n) is 14.5. The van der Waals surface area contributed by atoms with Crippen molar-refractivity contribution in [3.8, 4) is 5.75 Å². The van der Waals surface area contributed by atoms with Gasteiger partial charge in [0.2, 0.25) is 5.91 Å². The quantitative estimate of drug-likeness (QED) is 0.618. The van der Waals surface area contributed by atoms with Crippen molar-refractivity contribution < 1.29 is 14.7 Å². The largest absolute Gasteiger partial charge is 0.506 e. The van der Waals surface area contributed by atoms with Gasteiger partial charge in [0.15, 0.2) is 0 Å². The van der Waals surface area contributed by atoms with Crippen molar-refractivity contribution in [2.45, 2.75) is 51.4 Å². The minimum atomic E-state index is -0.301. The van der Waals surface area contributed by atoms with E-state index in [-0.39, 0.29) is 23.0 Å². The van der Waals surface area contributed by atoms with E-state index in [9.17, 15) is 14.7 Å². The second-order valence-electron chi connectivity index (χ2n) is 8.04. The number of anilines is 1. The van der Waals surface area contributed by atoms with Crippen LogP contribution in [0.2, 0.25) is 0 Å². The van der Waals surface area contributed by atoms with E-state index in [2.05, 4.69) is 12.2 Å². The van der Waals surface area contributed by atoms with E-state index in [1.165, 1.54) is 5.56 Å². The van der Waals surface area contributed by atoms with Gasteiger partial charge in [0.1, 0.15) is 17.4 Å². The number of phenols is 1. The molecule has 0 aromatic heterocycles. The predicted molar refractivity (Wildman–Crippen MR) is 97.1 cm³/mol. The molecule has 2 saturated carbocycles. The molecule has 4 atom stereocenters. The Morgan fingerprint density at radius 3 is 2.88 bits per heavy atom. The summed E-state index contributed by atoms with van der Waals surface area (Å²) in [4.78, 5) is 24.1. The highest BCUT2D eigenvalue weighted by Crippen LogP contribution is 2.60. The lowest BCUT2D eigenvalue weighted by Gasteiger charge is -2.48. The van der Waals surface area contributed by atoms with Crippen molar-refractivity contribution in [1.29, 1.82) is 0 Å². The number of Topliss-reactive ketones (excluding diaryl/α,β-unsaturated/α-hetero) is 1. The number of hydrogen-bond donors (Lipinski definition) is 2. The van der Waals surface area contributed by atoms with E-state index in [0.717, 1.165) is 44.1 Å². The highest BCUT2D eigenvalue weighted by Gasteiger charge is 2.54. The summed E-state index contributed by atoms with van der Waals surface area (Å²) in [5.74, 6) is 1.54. The molecule has 0 saturated heterocycles. The Labute approximate surface area is 152 Å². The molecule has 1 aromatic rings. The van der Waals surface area contributed by atoms with E-state index in [0.29, 0.717) is 29.2 Å². The molecule has 0 radical (unpaired) electrons. The van der Waals surface area contributed by atoms with Crippen molar-refractivity contribution in [2.24, 2.45) is 17.3 Å². The summed E-state index contributed by atoms with van der Waals surface area (Å²) in [6.45, 7) is 2.17. The van der Waals surface area contributed by atoms with Crippen LogP contribution in [0.15, 0.2) is 12.1 Å².